The summed E-state index contributed by atoms with van der Waals surface area (Å²) in [7, 11) is 0. The largest absolute Gasteiger partial charge is 0.317 e. The summed E-state index contributed by atoms with van der Waals surface area (Å²) in [6.07, 6.45) is 5.52. The molecule has 2 nitrogen and oxygen atoms in total. The number of piperidine rings is 1. The monoisotopic (exact) mass is 241 g/mol. The molecular formula is C16H19NO. The molecule has 0 unspecified atom stereocenters. The fourth-order valence-electron chi connectivity index (χ4n) is 3.41. The summed E-state index contributed by atoms with van der Waals surface area (Å²) in [5.41, 5.74) is 3.73. The van der Waals surface area contributed by atoms with E-state index in [4.69, 9.17) is 0 Å². The quantitative estimate of drug-likeness (QED) is 0.819. The van der Waals surface area contributed by atoms with E-state index in [-0.39, 0.29) is 11.2 Å². The van der Waals surface area contributed by atoms with Crippen LogP contribution in [0.1, 0.15) is 37.3 Å². The van der Waals surface area contributed by atoms with Crippen molar-refractivity contribution in [1.82, 2.24) is 5.32 Å². The standard InChI is InChI=1S/C16H19NO/c1-12(18)13-6-7-16(8-10-17-11-9-16)15-5-3-2-4-14(13)15/h2-6,17H,7-11H2,1H3. The lowest BCUT2D eigenvalue weighted by Crippen LogP contribution is -2.41. The third kappa shape index (κ3) is 1.72. The zero-order valence-electron chi connectivity index (χ0n) is 10.8. The third-order valence-corrected chi connectivity index (χ3v) is 4.43. The molecule has 0 atom stereocenters. The fraction of sp³-hybridized carbons (Fsp3) is 0.438. The Morgan fingerprint density at radius 2 is 1.94 bits per heavy atom. The van der Waals surface area contributed by atoms with Gasteiger partial charge in [0.2, 0.25) is 0 Å². The Kier molecular flexibility index (Phi) is 2.83. The molecule has 1 aliphatic heterocycles. The van der Waals surface area contributed by atoms with Crippen molar-refractivity contribution in [2.45, 2.75) is 31.6 Å². The van der Waals surface area contributed by atoms with Gasteiger partial charge in [0.25, 0.3) is 0 Å². The van der Waals surface area contributed by atoms with Crippen molar-refractivity contribution in [2.24, 2.45) is 0 Å². The van der Waals surface area contributed by atoms with Crippen LogP contribution in [0, 0.1) is 0 Å². The number of hydrogen-bond donors (Lipinski definition) is 1. The summed E-state index contributed by atoms with van der Waals surface area (Å²) in [6.45, 7) is 3.83. The van der Waals surface area contributed by atoms with Crippen LogP contribution in [0.15, 0.2) is 30.3 Å². The molecule has 18 heavy (non-hydrogen) atoms. The maximum atomic E-state index is 11.8. The van der Waals surface area contributed by atoms with Crippen LogP contribution in [0.3, 0.4) is 0 Å². The summed E-state index contributed by atoms with van der Waals surface area (Å²) in [5.74, 6) is 0.186. The molecule has 0 bridgehead atoms. The predicted octanol–water partition coefficient (Wildman–Crippen LogP) is 2.68. The Labute approximate surface area is 108 Å². The SMILES string of the molecule is CC(=O)C1=CCC2(CCNCC2)c2ccccc21. The van der Waals surface area contributed by atoms with Gasteiger partial charge in [-0.15, -0.1) is 0 Å². The molecule has 1 aromatic carbocycles. The van der Waals surface area contributed by atoms with Crippen molar-refractivity contribution in [3.05, 3.63) is 41.5 Å². The van der Waals surface area contributed by atoms with Gasteiger partial charge < -0.3 is 5.32 Å². The minimum Gasteiger partial charge on any atom is -0.317 e. The zero-order chi connectivity index (χ0) is 12.6. The number of hydrogen-bond acceptors (Lipinski definition) is 2. The minimum absolute atomic E-state index is 0.186. The predicted molar refractivity (Wildman–Crippen MR) is 73.5 cm³/mol. The average Bonchev–Trinajstić information content (AvgIpc) is 2.40. The van der Waals surface area contributed by atoms with Gasteiger partial charge in [-0.2, -0.15) is 0 Å². The van der Waals surface area contributed by atoms with Gasteiger partial charge in [0.1, 0.15) is 0 Å². The Morgan fingerprint density at radius 3 is 2.67 bits per heavy atom. The van der Waals surface area contributed by atoms with Crippen molar-refractivity contribution in [1.29, 1.82) is 0 Å². The molecular weight excluding hydrogens is 222 g/mol. The van der Waals surface area contributed by atoms with Crippen molar-refractivity contribution < 1.29 is 4.79 Å². The summed E-state index contributed by atoms with van der Waals surface area (Å²) < 4.78 is 0. The van der Waals surface area contributed by atoms with Gasteiger partial charge in [-0.25, -0.2) is 0 Å². The lowest BCUT2D eigenvalue weighted by Gasteiger charge is -2.41. The van der Waals surface area contributed by atoms with Crippen LogP contribution >= 0.6 is 0 Å². The van der Waals surface area contributed by atoms with Crippen molar-refractivity contribution in [3.63, 3.8) is 0 Å². The Hall–Kier alpha value is -1.41. The molecule has 0 amide bonds. The van der Waals surface area contributed by atoms with E-state index in [1.165, 1.54) is 18.4 Å². The maximum absolute atomic E-state index is 11.8. The number of ketones is 1. The second kappa shape index (κ2) is 4.36. The van der Waals surface area contributed by atoms with E-state index >= 15 is 0 Å². The lowest BCUT2D eigenvalue weighted by atomic mass is 9.65. The number of carbonyl (C=O) groups excluding carboxylic acids is 1. The zero-order valence-corrected chi connectivity index (χ0v) is 10.8. The van der Waals surface area contributed by atoms with Crippen LogP contribution in [0.2, 0.25) is 0 Å². The first-order valence-corrected chi connectivity index (χ1v) is 6.75. The van der Waals surface area contributed by atoms with E-state index < -0.39 is 0 Å². The molecule has 1 spiro atoms. The summed E-state index contributed by atoms with van der Waals surface area (Å²) in [5, 5.41) is 3.43. The first-order chi connectivity index (χ1) is 8.73. The molecule has 1 fully saturated rings. The highest BCUT2D eigenvalue weighted by atomic mass is 16.1. The smallest absolute Gasteiger partial charge is 0.160 e. The number of allylic oxidation sites excluding steroid dienone is 2. The van der Waals surface area contributed by atoms with Crippen molar-refractivity contribution in [2.75, 3.05) is 13.1 Å². The molecule has 1 aliphatic carbocycles. The van der Waals surface area contributed by atoms with Gasteiger partial charge in [-0.3, -0.25) is 4.79 Å². The topological polar surface area (TPSA) is 29.1 Å². The number of benzene rings is 1. The molecule has 1 aromatic rings. The van der Waals surface area contributed by atoms with Gasteiger partial charge in [0, 0.05) is 11.0 Å². The number of Topliss-reactive ketones (excluding diaryl/α,β-unsaturated/α-hetero) is 1. The fourth-order valence-corrected chi connectivity index (χ4v) is 3.41. The van der Waals surface area contributed by atoms with Gasteiger partial charge in [-0.1, -0.05) is 30.3 Å². The molecule has 0 aromatic heterocycles. The van der Waals surface area contributed by atoms with Crippen LogP contribution in [0.4, 0.5) is 0 Å². The molecule has 3 rings (SSSR count). The number of carbonyl (C=O) groups is 1. The molecule has 2 aliphatic rings. The van der Waals surface area contributed by atoms with E-state index in [0.29, 0.717) is 0 Å². The Balaban J connectivity index is 2.11. The second-order valence-corrected chi connectivity index (χ2v) is 5.45. The van der Waals surface area contributed by atoms with Gasteiger partial charge in [0.05, 0.1) is 0 Å². The molecule has 1 N–H and O–H groups in total. The third-order valence-electron chi connectivity index (χ3n) is 4.43. The molecule has 1 heterocycles. The second-order valence-electron chi connectivity index (χ2n) is 5.45. The van der Waals surface area contributed by atoms with Gasteiger partial charge >= 0.3 is 0 Å². The van der Waals surface area contributed by atoms with Crippen LogP contribution in [0.25, 0.3) is 5.57 Å². The van der Waals surface area contributed by atoms with Gasteiger partial charge in [0.15, 0.2) is 5.78 Å². The number of rotatable bonds is 1. The highest BCUT2D eigenvalue weighted by Gasteiger charge is 2.37. The highest BCUT2D eigenvalue weighted by molar-refractivity contribution is 6.20. The number of nitrogens with one attached hydrogen (secondary N) is 1. The molecule has 1 saturated heterocycles. The highest BCUT2D eigenvalue weighted by Crippen LogP contribution is 2.44. The summed E-state index contributed by atoms with van der Waals surface area (Å²) in [6, 6.07) is 8.46. The number of fused-ring (bicyclic) bond motifs is 2. The Bertz CT molecular complexity index is 510. The molecule has 0 saturated carbocycles. The van der Waals surface area contributed by atoms with Gasteiger partial charge in [-0.05, 0) is 50.4 Å². The van der Waals surface area contributed by atoms with E-state index in [9.17, 15) is 4.79 Å². The normalized spacial score (nSPS) is 21.3. The van der Waals surface area contributed by atoms with Crippen LogP contribution in [0.5, 0.6) is 0 Å². The van der Waals surface area contributed by atoms with E-state index in [1.54, 1.807) is 6.92 Å². The van der Waals surface area contributed by atoms with Crippen molar-refractivity contribution >= 4 is 11.4 Å². The minimum atomic E-state index is 0.186. The van der Waals surface area contributed by atoms with Crippen LogP contribution in [-0.2, 0) is 10.2 Å². The Morgan fingerprint density at radius 1 is 1.22 bits per heavy atom. The molecule has 2 heteroatoms. The van der Waals surface area contributed by atoms with E-state index in [0.717, 1.165) is 30.6 Å². The lowest BCUT2D eigenvalue weighted by molar-refractivity contribution is -0.111. The van der Waals surface area contributed by atoms with Crippen molar-refractivity contribution in [3.8, 4) is 0 Å². The van der Waals surface area contributed by atoms with E-state index in [1.807, 2.05) is 6.07 Å². The maximum Gasteiger partial charge on any atom is 0.160 e. The van der Waals surface area contributed by atoms with Crippen LogP contribution < -0.4 is 5.32 Å². The van der Waals surface area contributed by atoms with Crippen LogP contribution in [-0.4, -0.2) is 18.9 Å². The first kappa shape index (κ1) is 11.7. The summed E-state index contributed by atoms with van der Waals surface area (Å²) in [4.78, 5) is 11.8. The molecule has 0 radical (unpaired) electrons. The summed E-state index contributed by atoms with van der Waals surface area (Å²) >= 11 is 0. The van der Waals surface area contributed by atoms with E-state index in [2.05, 4.69) is 29.6 Å². The average molecular weight is 241 g/mol. The first-order valence-electron chi connectivity index (χ1n) is 6.75. The molecule has 94 valence electrons.